The van der Waals surface area contributed by atoms with Crippen molar-refractivity contribution >= 4 is 27.5 Å². The predicted molar refractivity (Wildman–Crippen MR) is 85.6 cm³/mol. The fraction of sp³-hybridized carbons (Fsp3) is 0.188. The molecule has 2 aromatic rings. The van der Waals surface area contributed by atoms with Crippen LogP contribution in [0.15, 0.2) is 40.9 Å². The molecule has 0 aliphatic rings. The number of nitrogens with two attached hydrogens (primary N) is 1. The van der Waals surface area contributed by atoms with Crippen molar-refractivity contribution in [1.82, 2.24) is 5.32 Å². The van der Waals surface area contributed by atoms with E-state index >= 15 is 0 Å². The Bertz CT molecular complexity index is 636. The maximum atomic E-state index is 12.2. The van der Waals surface area contributed by atoms with Crippen LogP contribution in [0.5, 0.6) is 0 Å². The van der Waals surface area contributed by atoms with Gasteiger partial charge in [0.05, 0.1) is 0 Å². The summed E-state index contributed by atoms with van der Waals surface area (Å²) in [7, 11) is 0. The second-order valence-electron chi connectivity index (χ2n) is 4.84. The monoisotopic (exact) mass is 332 g/mol. The van der Waals surface area contributed by atoms with Crippen LogP contribution in [-0.4, -0.2) is 5.91 Å². The number of nitrogens with one attached hydrogen (secondary N) is 1. The van der Waals surface area contributed by atoms with Gasteiger partial charge in [-0.2, -0.15) is 0 Å². The van der Waals surface area contributed by atoms with E-state index in [1.807, 2.05) is 38.1 Å². The largest absolute Gasteiger partial charge is 0.398 e. The number of anilines is 1. The number of benzene rings is 2. The Kier molecular flexibility index (Phi) is 4.45. The molecule has 0 radical (unpaired) electrons. The van der Waals surface area contributed by atoms with Gasteiger partial charge >= 0.3 is 0 Å². The maximum absolute atomic E-state index is 12.2. The molecule has 3 nitrogen and oxygen atoms in total. The first kappa shape index (κ1) is 14.6. The van der Waals surface area contributed by atoms with Crippen molar-refractivity contribution in [2.24, 2.45) is 0 Å². The lowest BCUT2D eigenvalue weighted by Gasteiger charge is -2.10. The van der Waals surface area contributed by atoms with Crippen molar-refractivity contribution in [3.8, 4) is 0 Å². The van der Waals surface area contributed by atoms with Crippen molar-refractivity contribution < 1.29 is 4.79 Å². The van der Waals surface area contributed by atoms with Crippen LogP contribution in [0.3, 0.4) is 0 Å². The summed E-state index contributed by atoms with van der Waals surface area (Å²) in [5, 5.41) is 2.91. The topological polar surface area (TPSA) is 55.1 Å². The molecule has 0 unspecified atom stereocenters. The van der Waals surface area contributed by atoms with Crippen LogP contribution >= 0.6 is 15.9 Å². The van der Waals surface area contributed by atoms with Gasteiger partial charge < -0.3 is 11.1 Å². The van der Waals surface area contributed by atoms with Crippen LogP contribution in [0, 0.1) is 13.8 Å². The fourth-order valence-electron chi connectivity index (χ4n) is 1.92. The lowest BCUT2D eigenvalue weighted by Crippen LogP contribution is -2.24. The van der Waals surface area contributed by atoms with E-state index in [-0.39, 0.29) is 5.91 Å². The van der Waals surface area contributed by atoms with Crippen molar-refractivity contribution in [3.63, 3.8) is 0 Å². The lowest BCUT2D eigenvalue weighted by atomic mass is 10.1. The second-order valence-corrected chi connectivity index (χ2v) is 5.75. The number of carbonyl (C=O) groups excluding carboxylic acids is 1. The minimum atomic E-state index is -0.115. The average Bonchev–Trinajstić information content (AvgIpc) is 2.42. The van der Waals surface area contributed by atoms with E-state index in [0.717, 1.165) is 15.6 Å². The zero-order chi connectivity index (χ0) is 14.7. The summed E-state index contributed by atoms with van der Waals surface area (Å²) in [6.45, 7) is 4.39. The van der Waals surface area contributed by atoms with E-state index < -0.39 is 0 Å². The van der Waals surface area contributed by atoms with Crippen LogP contribution in [0.1, 0.15) is 27.0 Å². The molecule has 0 saturated carbocycles. The molecule has 0 spiro atoms. The number of hydrogen-bond donors (Lipinski definition) is 2. The number of halogens is 1. The number of carbonyl (C=O) groups is 1. The molecule has 0 aliphatic carbocycles. The summed E-state index contributed by atoms with van der Waals surface area (Å²) in [5.74, 6) is -0.115. The molecule has 0 atom stereocenters. The van der Waals surface area contributed by atoms with E-state index in [2.05, 4.69) is 21.2 Å². The van der Waals surface area contributed by atoms with Gasteiger partial charge in [-0.1, -0.05) is 45.8 Å². The summed E-state index contributed by atoms with van der Waals surface area (Å²) in [5.41, 5.74) is 10.2. The molecule has 0 aliphatic heterocycles. The minimum absolute atomic E-state index is 0.115. The summed E-state index contributed by atoms with van der Waals surface area (Å²) in [6, 6.07) is 11.7. The normalized spacial score (nSPS) is 10.3. The number of amides is 1. The summed E-state index contributed by atoms with van der Waals surface area (Å²) in [6.07, 6.45) is 0. The van der Waals surface area contributed by atoms with E-state index in [4.69, 9.17) is 5.73 Å². The van der Waals surface area contributed by atoms with Crippen LogP contribution in [0.4, 0.5) is 5.69 Å². The van der Waals surface area contributed by atoms with Crippen molar-refractivity contribution in [2.75, 3.05) is 5.73 Å². The Hall–Kier alpha value is -1.81. The fourth-order valence-corrected chi connectivity index (χ4v) is 2.40. The molecule has 20 heavy (non-hydrogen) atoms. The third kappa shape index (κ3) is 3.39. The molecule has 0 heterocycles. The molecule has 0 fully saturated rings. The van der Waals surface area contributed by atoms with Crippen molar-refractivity contribution in [3.05, 3.63) is 63.1 Å². The van der Waals surface area contributed by atoms with Crippen LogP contribution in [0.2, 0.25) is 0 Å². The van der Waals surface area contributed by atoms with Gasteiger partial charge in [-0.15, -0.1) is 0 Å². The number of nitrogen functional groups attached to an aromatic ring is 1. The minimum Gasteiger partial charge on any atom is -0.398 e. The molecule has 0 aromatic heterocycles. The van der Waals surface area contributed by atoms with Gasteiger partial charge in [-0.3, -0.25) is 4.79 Å². The second kappa shape index (κ2) is 6.09. The SMILES string of the molecule is Cc1ccc(CNC(=O)c2cc(Br)cc(N)c2C)cc1. The van der Waals surface area contributed by atoms with Gasteiger partial charge in [0.15, 0.2) is 0 Å². The van der Waals surface area contributed by atoms with Gasteiger partial charge in [0, 0.05) is 22.3 Å². The molecule has 2 rings (SSSR count). The molecule has 0 saturated heterocycles. The van der Waals surface area contributed by atoms with E-state index in [9.17, 15) is 4.79 Å². The Morgan fingerprint density at radius 2 is 1.85 bits per heavy atom. The van der Waals surface area contributed by atoms with Crippen LogP contribution in [-0.2, 0) is 6.54 Å². The Morgan fingerprint density at radius 3 is 2.50 bits per heavy atom. The molecule has 4 heteroatoms. The van der Waals surface area contributed by atoms with Crippen molar-refractivity contribution in [2.45, 2.75) is 20.4 Å². The molecule has 3 N–H and O–H groups in total. The number of rotatable bonds is 3. The van der Waals surface area contributed by atoms with Crippen LogP contribution < -0.4 is 11.1 Å². The lowest BCUT2D eigenvalue weighted by molar-refractivity contribution is 0.0950. The van der Waals surface area contributed by atoms with Gasteiger partial charge in [0.2, 0.25) is 0 Å². The molecule has 104 valence electrons. The van der Waals surface area contributed by atoms with Gasteiger partial charge in [0.25, 0.3) is 5.91 Å². The number of hydrogen-bond acceptors (Lipinski definition) is 2. The Balaban J connectivity index is 2.11. The van der Waals surface area contributed by atoms with E-state index in [0.29, 0.717) is 17.8 Å². The average molecular weight is 333 g/mol. The molecular weight excluding hydrogens is 316 g/mol. The quantitative estimate of drug-likeness (QED) is 0.844. The first-order chi connectivity index (χ1) is 9.47. The zero-order valence-electron chi connectivity index (χ0n) is 11.5. The summed E-state index contributed by atoms with van der Waals surface area (Å²) < 4.78 is 0.807. The molecular formula is C16H17BrN2O. The predicted octanol–water partition coefficient (Wildman–Crippen LogP) is 3.58. The molecule has 1 amide bonds. The van der Waals surface area contributed by atoms with E-state index in [1.54, 1.807) is 12.1 Å². The van der Waals surface area contributed by atoms with E-state index in [1.165, 1.54) is 5.56 Å². The highest BCUT2D eigenvalue weighted by molar-refractivity contribution is 9.10. The highest BCUT2D eigenvalue weighted by Crippen LogP contribution is 2.22. The van der Waals surface area contributed by atoms with Gasteiger partial charge in [-0.05, 0) is 37.1 Å². The van der Waals surface area contributed by atoms with Crippen LogP contribution in [0.25, 0.3) is 0 Å². The summed E-state index contributed by atoms with van der Waals surface area (Å²) >= 11 is 3.36. The smallest absolute Gasteiger partial charge is 0.251 e. The standard InChI is InChI=1S/C16H17BrN2O/c1-10-3-5-12(6-4-10)9-19-16(20)14-7-13(17)8-15(18)11(14)2/h3-8H,9,18H2,1-2H3,(H,19,20). The highest BCUT2D eigenvalue weighted by Gasteiger charge is 2.11. The van der Waals surface area contributed by atoms with Gasteiger partial charge in [0.1, 0.15) is 0 Å². The third-order valence-electron chi connectivity index (χ3n) is 3.23. The number of aryl methyl sites for hydroxylation is 1. The summed E-state index contributed by atoms with van der Waals surface area (Å²) in [4.78, 5) is 12.2. The first-order valence-electron chi connectivity index (χ1n) is 6.36. The Morgan fingerprint density at radius 1 is 1.20 bits per heavy atom. The zero-order valence-corrected chi connectivity index (χ0v) is 13.1. The third-order valence-corrected chi connectivity index (χ3v) is 3.69. The first-order valence-corrected chi connectivity index (χ1v) is 7.16. The molecule has 2 aromatic carbocycles. The van der Waals surface area contributed by atoms with Gasteiger partial charge in [-0.25, -0.2) is 0 Å². The molecule has 0 bridgehead atoms. The van der Waals surface area contributed by atoms with Crippen molar-refractivity contribution in [1.29, 1.82) is 0 Å². The maximum Gasteiger partial charge on any atom is 0.251 e. The highest BCUT2D eigenvalue weighted by atomic mass is 79.9. The Labute approximate surface area is 127 Å².